The summed E-state index contributed by atoms with van der Waals surface area (Å²) in [6.07, 6.45) is 4.35. The van der Waals surface area contributed by atoms with E-state index in [1.54, 1.807) is 6.07 Å². The minimum Gasteiger partial charge on any atom is -0.481 e. The summed E-state index contributed by atoms with van der Waals surface area (Å²) in [7, 11) is 1.31. The van der Waals surface area contributed by atoms with Crippen LogP contribution in [-0.4, -0.2) is 30.1 Å². The molecule has 2 fully saturated rings. The van der Waals surface area contributed by atoms with Gasteiger partial charge in [0.25, 0.3) is 0 Å². The van der Waals surface area contributed by atoms with Gasteiger partial charge in [-0.2, -0.15) is 0 Å². The Balaban J connectivity index is 1.83. The fourth-order valence-corrected chi connectivity index (χ4v) is 5.53. The third kappa shape index (κ3) is 3.29. The zero-order valence-electron chi connectivity index (χ0n) is 14.4. The number of amides is 1. The highest BCUT2D eigenvalue weighted by Crippen LogP contribution is 2.52. The largest absolute Gasteiger partial charge is 0.481 e. The molecule has 6 nitrogen and oxygen atoms in total. The fraction of sp³-hybridized carbons (Fsp3) is 0.611. The van der Waals surface area contributed by atoms with Gasteiger partial charge in [0.05, 0.1) is 24.5 Å². The Labute approximate surface area is 150 Å². The lowest BCUT2D eigenvalue weighted by Crippen LogP contribution is -2.37. The maximum Gasteiger partial charge on any atom is 0.340 e. The van der Waals surface area contributed by atoms with E-state index >= 15 is 0 Å². The molecule has 1 heterocycles. The summed E-state index contributed by atoms with van der Waals surface area (Å²) in [5.41, 5.74) is 0.347. The maximum absolute atomic E-state index is 12.8. The van der Waals surface area contributed by atoms with E-state index in [0.29, 0.717) is 10.6 Å². The summed E-state index contributed by atoms with van der Waals surface area (Å²) >= 11 is 1.36. The van der Waals surface area contributed by atoms with Crippen molar-refractivity contribution in [3.05, 3.63) is 16.5 Å². The Hall–Kier alpha value is -1.89. The number of methoxy groups -OCH3 is 1. The van der Waals surface area contributed by atoms with Crippen molar-refractivity contribution in [2.45, 2.75) is 39.0 Å². The van der Waals surface area contributed by atoms with Gasteiger partial charge in [-0.1, -0.05) is 13.3 Å². The highest BCUT2D eigenvalue weighted by Gasteiger charge is 2.54. The molecule has 0 spiro atoms. The van der Waals surface area contributed by atoms with Gasteiger partial charge in [-0.3, -0.25) is 9.59 Å². The molecule has 2 aliphatic carbocycles. The first kappa shape index (κ1) is 17.9. The van der Waals surface area contributed by atoms with E-state index in [2.05, 4.69) is 5.32 Å². The second-order valence-electron chi connectivity index (χ2n) is 6.91. The van der Waals surface area contributed by atoms with Crippen molar-refractivity contribution in [3.8, 4) is 0 Å². The molecule has 1 amide bonds. The standard InChI is InChI=1S/C18H23NO5S/c1-3-4-11-8-12(18(23)24-2)16(25-11)19-15(20)13-9-5-6-10(7-9)14(13)17(21)22/h8-10,13-14H,3-7H2,1-2H3,(H,19,20)(H,21,22)/t9-,10-,13+,14+/m0/s1. The SMILES string of the molecule is CCCc1cc(C(=O)OC)c(NC(=O)[C@@H]2[C@H]3CC[C@@H](C3)[C@H]2C(=O)O)s1. The first-order chi connectivity index (χ1) is 12.0. The maximum atomic E-state index is 12.8. The van der Waals surface area contributed by atoms with Crippen LogP contribution in [0.4, 0.5) is 5.00 Å². The molecule has 1 aromatic heterocycles. The number of hydrogen-bond donors (Lipinski definition) is 2. The first-order valence-corrected chi connectivity index (χ1v) is 9.52. The number of fused-ring (bicyclic) bond motifs is 2. The molecule has 0 unspecified atom stereocenters. The second-order valence-corrected chi connectivity index (χ2v) is 8.05. The van der Waals surface area contributed by atoms with Gasteiger partial charge in [-0.25, -0.2) is 4.79 Å². The van der Waals surface area contributed by atoms with Crippen molar-refractivity contribution >= 4 is 34.2 Å². The number of esters is 1. The van der Waals surface area contributed by atoms with Crippen molar-refractivity contribution in [2.24, 2.45) is 23.7 Å². The quantitative estimate of drug-likeness (QED) is 0.755. The number of aryl methyl sites for hydroxylation is 1. The molecule has 2 aliphatic rings. The van der Waals surface area contributed by atoms with Gasteiger partial charge in [0, 0.05) is 4.88 Å². The van der Waals surface area contributed by atoms with Gasteiger partial charge in [-0.15, -0.1) is 11.3 Å². The molecule has 3 rings (SSSR count). The summed E-state index contributed by atoms with van der Waals surface area (Å²) in [6.45, 7) is 2.04. The summed E-state index contributed by atoms with van der Waals surface area (Å²) < 4.78 is 4.81. The van der Waals surface area contributed by atoms with Crippen LogP contribution in [0.15, 0.2) is 6.07 Å². The van der Waals surface area contributed by atoms with Gasteiger partial charge >= 0.3 is 11.9 Å². The third-order valence-corrected chi connectivity index (χ3v) is 6.54. The highest BCUT2D eigenvalue weighted by molar-refractivity contribution is 7.16. The normalized spacial score (nSPS) is 27.3. The van der Waals surface area contributed by atoms with Crippen LogP contribution in [0, 0.1) is 23.7 Å². The number of anilines is 1. The molecule has 7 heteroatoms. The van der Waals surface area contributed by atoms with Crippen LogP contribution in [-0.2, 0) is 20.7 Å². The zero-order chi connectivity index (χ0) is 18.1. The van der Waals surface area contributed by atoms with Crippen LogP contribution in [0.1, 0.15) is 47.8 Å². The van der Waals surface area contributed by atoms with E-state index in [9.17, 15) is 19.5 Å². The zero-order valence-corrected chi connectivity index (χ0v) is 15.2. The van der Waals surface area contributed by atoms with Crippen molar-refractivity contribution < 1.29 is 24.2 Å². The number of aliphatic carboxylic acids is 1. The Morgan fingerprint density at radius 2 is 1.96 bits per heavy atom. The number of ether oxygens (including phenoxy) is 1. The number of nitrogens with one attached hydrogen (secondary N) is 1. The average molecular weight is 365 g/mol. The molecule has 1 aromatic rings. The van der Waals surface area contributed by atoms with E-state index in [1.807, 2.05) is 6.92 Å². The van der Waals surface area contributed by atoms with Gasteiger partial charge in [-0.05, 0) is 43.6 Å². The number of rotatable bonds is 6. The molecule has 0 aromatic carbocycles. The molecular weight excluding hydrogens is 342 g/mol. The molecule has 136 valence electrons. The lowest BCUT2D eigenvalue weighted by molar-refractivity contribution is -0.148. The number of carbonyl (C=O) groups excluding carboxylic acids is 2. The van der Waals surface area contributed by atoms with Crippen LogP contribution in [0.5, 0.6) is 0 Å². The van der Waals surface area contributed by atoms with E-state index in [-0.39, 0.29) is 17.7 Å². The van der Waals surface area contributed by atoms with Crippen LogP contribution < -0.4 is 5.32 Å². The molecule has 25 heavy (non-hydrogen) atoms. The Morgan fingerprint density at radius 3 is 2.56 bits per heavy atom. The van der Waals surface area contributed by atoms with E-state index in [0.717, 1.165) is 37.0 Å². The predicted molar refractivity (Wildman–Crippen MR) is 93.7 cm³/mol. The fourth-order valence-electron chi connectivity index (χ4n) is 4.39. The number of carbonyl (C=O) groups is 3. The number of thiophene rings is 1. The molecule has 2 saturated carbocycles. The number of carboxylic acid groups (broad SMARTS) is 1. The Morgan fingerprint density at radius 1 is 1.28 bits per heavy atom. The van der Waals surface area contributed by atoms with Crippen LogP contribution in [0.2, 0.25) is 0 Å². The van der Waals surface area contributed by atoms with Crippen molar-refractivity contribution in [1.82, 2.24) is 0 Å². The smallest absolute Gasteiger partial charge is 0.340 e. The van der Waals surface area contributed by atoms with Crippen molar-refractivity contribution in [3.63, 3.8) is 0 Å². The first-order valence-electron chi connectivity index (χ1n) is 8.70. The highest BCUT2D eigenvalue weighted by atomic mass is 32.1. The number of hydrogen-bond acceptors (Lipinski definition) is 5. The van der Waals surface area contributed by atoms with E-state index in [1.165, 1.54) is 18.4 Å². The Kier molecular flexibility index (Phi) is 5.13. The molecule has 4 atom stereocenters. The minimum absolute atomic E-state index is 0.0947. The van der Waals surface area contributed by atoms with Gasteiger partial charge in [0.15, 0.2) is 0 Å². The van der Waals surface area contributed by atoms with Gasteiger partial charge < -0.3 is 15.2 Å². The van der Waals surface area contributed by atoms with Gasteiger partial charge in [0.2, 0.25) is 5.91 Å². The monoisotopic (exact) mass is 365 g/mol. The van der Waals surface area contributed by atoms with Crippen LogP contribution in [0.25, 0.3) is 0 Å². The van der Waals surface area contributed by atoms with Crippen LogP contribution in [0.3, 0.4) is 0 Å². The topological polar surface area (TPSA) is 92.7 Å². The van der Waals surface area contributed by atoms with Gasteiger partial charge in [0.1, 0.15) is 5.00 Å². The average Bonchev–Trinajstić information content (AvgIpc) is 3.28. The summed E-state index contributed by atoms with van der Waals surface area (Å²) in [5.74, 6) is -2.57. The third-order valence-electron chi connectivity index (χ3n) is 5.43. The molecule has 2 bridgehead atoms. The summed E-state index contributed by atoms with van der Waals surface area (Å²) in [4.78, 5) is 37.4. The van der Waals surface area contributed by atoms with Crippen LogP contribution >= 0.6 is 11.3 Å². The number of carboxylic acids is 1. The second kappa shape index (κ2) is 7.15. The predicted octanol–water partition coefficient (Wildman–Crippen LogP) is 3.17. The van der Waals surface area contributed by atoms with Crippen molar-refractivity contribution in [1.29, 1.82) is 0 Å². The molecule has 0 radical (unpaired) electrons. The molecule has 0 saturated heterocycles. The molecule has 2 N–H and O–H groups in total. The summed E-state index contributed by atoms with van der Waals surface area (Å²) in [6, 6.07) is 1.76. The van der Waals surface area contributed by atoms with E-state index < -0.39 is 23.8 Å². The molecular formula is C18H23NO5S. The van der Waals surface area contributed by atoms with E-state index in [4.69, 9.17) is 4.74 Å². The Bertz CT molecular complexity index is 698. The minimum atomic E-state index is -0.890. The lowest BCUT2D eigenvalue weighted by Gasteiger charge is -2.26. The summed E-state index contributed by atoms with van der Waals surface area (Å²) in [5, 5.41) is 12.8. The lowest BCUT2D eigenvalue weighted by atomic mass is 9.79. The molecule has 0 aliphatic heterocycles. The van der Waals surface area contributed by atoms with Crippen molar-refractivity contribution in [2.75, 3.05) is 12.4 Å².